The number of likely N-dealkylation sites (tertiary alicyclic amines) is 1. The van der Waals surface area contributed by atoms with Crippen LogP contribution in [-0.2, 0) is 0 Å². The molecule has 0 saturated carbocycles. The Balaban J connectivity index is 1.90. The molecule has 2 heterocycles. The van der Waals surface area contributed by atoms with Crippen molar-refractivity contribution in [2.45, 2.75) is 26.7 Å². The number of para-hydroxylation sites is 1. The molecule has 1 aromatic heterocycles. The lowest BCUT2D eigenvalue weighted by Crippen LogP contribution is -2.39. The Labute approximate surface area is 154 Å². The molecule has 2 aromatic carbocycles. The quantitative estimate of drug-likeness (QED) is 0.649. The normalized spacial score (nSPS) is 17.5. The van der Waals surface area contributed by atoms with Crippen LogP contribution in [0.4, 0.5) is 0 Å². The van der Waals surface area contributed by atoms with Crippen LogP contribution >= 0.6 is 0 Å². The van der Waals surface area contributed by atoms with E-state index in [2.05, 4.69) is 19.1 Å². The SMILES string of the molecule is Cc1c(-c2ccccc2)nc2ccccc2c1C(=O)N1CCCC(C)C1. The average molecular weight is 344 g/mol. The van der Waals surface area contributed by atoms with Crippen molar-refractivity contribution >= 4 is 16.8 Å². The molecule has 26 heavy (non-hydrogen) atoms. The number of carbonyl (C=O) groups is 1. The Morgan fingerprint density at radius 2 is 1.81 bits per heavy atom. The Kier molecular flexibility index (Phi) is 4.46. The predicted molar refractivity (Wildman–Crippen MR) is 106 cm³/mol. The van der Waals surface area contributed by atoms with Crippen LogP contribution in [0.1, 0.15) is 35.7 Å². The maximum absolute atomic E-state index is 13.5. The van der Waals surface area contributed by atoms with Gasteiger partial charge in [-0.25, -0.2) is 4.98 Å². The van der Waals surface area contributed by atoms with Crippen molar-refractivity contribution in [3.63, 3.8) is 0 Å². The lowest BCUT2D eigenvalue weighted by atomic mass is 9.95. The number of hydrogen-bond donors (Lipinski definition) is 0. The lowest BCUT2D eigenvalue weighted by Gasteiger charge is -2.32. The smallest absolute Gasteiger partial charge is 0.254 e. The third-order valence-corrected chi connectivity index (χ3v) is 5.34. The molecule has 1 aliphatic heterocycles. The zero-order valence-corrected chi connectivity index (χ0v) is 15.4. The van der Waals surface area contributed by atoms with Crippen LogP contribution < -0.4 is 0 Å². The molecule has 0 radical (unpaired) electrons. The monoisotopic (exact) mass is 344 g/mol. The predicted octanol–water partition coefficient (Wildman–Crippen LogP) is 5.08. The standard InChI is InChI=1S/C23H24N2O/c1-16-9-8-14-25(15-16)23(26)21-17(2)22(18-10-4-3-5-11-18)24-20-13-7-6-12-19(20)21/h3-7,10-13,16H,8-9,14-15H2,1-2H3. The largest absolute Gasteiger partial charge is 0.338 e. The second-order valence-corrected chi connectivity index (χ2v) is 7.34. The number of benzene rings is 2. The number of piperidine rings is 1. The first-order chi connectivity index (χ1) is 12.6. The summed E-state index contributed by atoms with van der Waals surface area (Å²) >= 11 is 0. The number of pyridine rings is 1. The molecule has 0 N–H and O–H groups in total. The van der Waals surface area contributed by atoms with E-state index in [4.69, 9.17) is 4.98 Å². The van der Waals surface area contributed by atoms with Gasteiger partial charge in [0, 0.05) is 24.0 Å². The summed E-state index contributed by atoms with van der Waals surface area (Å²) in [6.07, 6.45) is 2.29. The van der Waals surface area contributed by atoms with Crippen molar-refractivity contribution in [3.05, 3.63) is 65.7 Å². The Morgan fingerprint density at radius 1 is 1.08 bits per heavy atom. The molecule has 1 fully saturated rings. The molecule has 1 aliphatic rings. The molecule has 3 nitrogen and oxygen atoms in total. The molecule has 132 valence electrons. The summed E-state index contributed by atoms with van der Waals surface area (Å²) in [5.41, 5.74) is 4.61. The van der Waals surface area contributed by atoms with Crippen LogP contribution in [-0.4, -0.2) is 28.9 Å². The number of rotatable bonds is 2. The van der Waals surface area contributed by atoms with E-state index < -0.39 is 0 Å². The number of hydrogen-bond acceptors (Lipinski definition) is 2. The summed E-state index contributed by atoms with van der Waals surface area (Å²) in [6.45, 7) is 5.95. The zero-order chi connectivity index (χ0) is 18.1. The number of amides is 1. The van der Waals surface area contributed by atoms with Crippen molar-refractivity contribution in [2.75, 3.05) is 13.1 Å². The van der Waals surface area contributed by atoms with Crippen LogP contribution in [0.3, 0.4) is 0 Å². The van der Waals surface area contributed by atoms with Gasteiger partial charge in [-0.15, -0.1) is 0 Å². The van der Waals surface area contributed by atoms with Gasteiger partial charge in [0.05, 0.1) is 16.8 Å². The van der Waals surface area contributed by atoms with Crippen molar-refractivity contribution in [2.24, 2.45) is 5.92 Å². The van der Waals surface area contributed by atoms with E-state index in [-0.39, 0.29) is 5.91 Å². The number of carbonyl (C=O) groups excluding carboxylic acids is 1. The van der Waals surface area contributed by atoms with Gasteiger partial charge >= 0.3 is 0 Å². The van der Waals surface area contributed by atoms with Crippen LogP contribution in [0, 0.1) is 12.8 Å². The fourth-order valence-electron chi connectivity index (χ4n) is 3.99. The molecule has 1 amide bonds. The molecule has 4 rings (SSSR count). The molecule has 1 unspecified atom stereocenters. The van der Waals surface area contributed by atoms with Crippen molar-refractivity contribution < 1.29 is 4.79 Å². The highest BCUT2D eigenvalue weighted by molar-refractivity contribution is 6.08. The van der Waals surface area contributed by atoms with Crippen LogP contribution in [0.15, 0.2) is 54.6 Å². The van der Waals surface area contributed by atoms with Gasteiger partial charge < -0.3 is 4.90 Å². The summed E-state index contributed by atoms with van der Waals surface area (Å²) < 4.78 is 0. The van der Waals surface area contributed by atoms with Crippen LogP contribution in [0.2, 0.25) is 0 Å². The minimum atomic E-state index is 0.143. The highest BCUT2D eigenvalue weighted by atomic mass is 16.2. The molecule has 1 saturated heterocycles. The first-order valence-corrected chi connectivity index (χ1v) is 9.39. The van der Waals surface area contributed by atoms with Gasteiger partial charge in [0.15, 0.2) is 0 Å². The fourth-order valence-corrected chi connectivity index (χ4v) is 3.99. The molecular formula is C23H24N2O. The number of fused-ring (bicyclic) bond motifs is 1. The highest BCUT2D eigenvalue weighted by Gasteiger charge is 2.26. The van der Waals surface area contributed by atoms with E-state index in [1.165, 1.54) is 6.42 Å². The summed E-state index contributed by atoms with van der Waals surface area (Å²) in [7, 11) is 0. The zero-order valence-electron chi connectivity index (χ0n) is 15.4. The Bertz CT molecular complexity index is 949. The third-order valence-electron chi connectivity index (χ3n) is 5.34. The summed E-state index contributed by atoms with van der Waals surface area (Å²) in [6, 6.07) is 18.1. The molecule has 0 spiro atoms. The second kappa shape index (κ2) is 6.91. The topological polar surface area (TPSA) is 33.2 Å². The first kappa shape index (κ1) is 16.8. The van der Waals surface area contributed by atoms with Crippen LogP contribution in [0.25, 0.3) is 22.2 Å². The van der Waals surface area contributed by atoms with Crippen molar-refractivity contribution in [1.29, 1.82) is 0 Å². The van der Waals surface area contributed by atoms with Gasteiger partial charge in [-0.1, -0.05) is 55.5 Å². The van der Waals surface area contributed by atoms with Gasteiger partial charge in [0.2, 0.25) is 0 Å². The van der Waals surface area contributed by atoms with Gasteiger partial charge in [-0.2, -0.15) is 0 Å². The summed E-state index contributed by atoms with van der Waals surface area (Å²) in [5.74, 6) is 0.708. The highest BCUT2D eigenvalue weighted by Crippen LogP contribution is 2.31. The van der Waals surface area contributed by atoms with E-state index in [1.54, 1.807) is 0 Å². The minimum absolute atomic E-state index is 0.143. The molecule has 3 heteroatoms. The number of aromatic nitrogens is 1. The maximum atomic E-state index is 13.5. The van der Waals surface area contributed by atoms with E-state index in [0.717, 1.165) is 52.8 Å². The Morgan fingerprint density at radius 3 is 2.58 bits per heavy atom. The minimum Gasteiger partial charge on any atom is -0.338 e. The van der Waals surface area contributed by atoms with Gasteiger partial charge in [-0.3, -0.25) is 4.79 Å². The third kappa shape index (κ3) is 2.98. The lowest BCUT2D eigenvalue weighted by molar-refractivity contribution is 0.0684. The number of nitrogens with zero attached hydrogens (tertiary/aromatic N) is 2. The van der Waals surface area contributed by atoms with Crippen molar-refractivity contribution in [3.8, 4) is 11.3 Å². The van der Waals surface area contributed by atoms with Crippen LogP contribution in [0.5, 0.6) is 0 Å². The van der Waals surface area contributed by atoms with E-state index in [0.29, 0.717) is 5.92 Å². The van der Waals surface area contributed by atoms with Gasteiger partial charge in [0.25, 0.3) is 5.91 Å². The van der Waals surface area contributed by atoms with Crippen molar-refractivity contribution in [1.82, 2.24) is 9.88 Å². The Hall–Kier alpha value is -2.68. The molecule has 1 atom stereocenters. The fraction of sp³-hybridized carbons (Fsp3) is 0.304. The van der Waals surface area contributed by atoms with Gasteiger partial charge in [0.1, 0.15) is 0 Å². The maximum Gasteiger partial charge on any atom is 0.254 e. The molecule has 0 bridgehead atoms. The van der Waals surface area contributed by atoms with E-state index in [1.807, 2.05) is 54.3 Å². The van der Waals surface area contributed by atoms with E-state index >= 15 is 0 Å². The van der Waals surface area contributed by atoms with Gasteiger partial charge in [-0.05, 0) is 37.3 Å². The second-order valence-electron chi connectivity index (χ2n) is 7.34. The molecular weight excluding hydrogens is 320 g/mol. The molecule has 3 aromatic rings. The summed E-state index contributed by atoms with van der Waals surface area (Å²) in [5, 5.41) is 0.952. The molecule has 0 aliphatic carbocycles. The average Bonchev–Trinajstić information content (AvgIpc) is 2.68. The summed E-state index contributed by atoms with van der Waals surface area (Å²) in [4.78, 5) is 20.4. The van der Waals surface area contributed by atoms with E-state index in [9.17, 15) is 4.79 Å². The first-order valence-electron chi connectivity index (χ1n) is 9.39.